The molecule has 1 atom stereocenters. The van der Waals surface area contributed by atoms with Gasteiger partial charge >= 0.3 is 0 Å². The number of anilines is 1. The summed E-state index contributed by atoms with van der Waals surface area (Å²) >= 11 is 0. The van der Waals surface area contributed by atoms with Gasteiger partial charge in [0.15, 0.2) is 0 Å². The van der Waals surface area contributed by atoms with E-state index in [2.05, 4.69) is 0 Å². The minimum absolute atomic E-state index is 0.0506. The van der Waals surface area contributed by atoms with Crippen molar-refractivity contribution in [1.82, 2.24) is 0 Å². The molecular weight excluding hydrogens is 388 g/mol. The maximum Gasteiger partial charge on any atom is 0.300 e. The van der Waals surface area contributed by atoms with Gasteiger partial charge in [0, 0.05) is 16.8 Å². The van der Waals surface area contributed by atoms with Crippen molar-refractivity contribution in [2.45, 2.75) is 13.0 Å². The number of nitrogens with zero attached hydrogens (tertiary/aromatic N) is 1. The van der Waals surface area contributed by atoms with Gasteiger partial charge in [0.25, 0.3) is 11.7 Å². The van der Waals surface area contributed by atoms with Crippen LogP contribution in [-0.4, -0.2) is 16.8 Å². The summed E-state index contributed by atoms with van der Waals surface area (Å²) in [4.78, 5) is 26.9. The summed E-state index contributed by atoms with van der Waals surface area (Å²) in [6, 6.07) is 16.2. The number of carbonyl (C=O) groups is 2. The molecule has 0 aromatic heterocycles. The molecule has 3 aromatic carbocycles. The lowest BCUT2D eigenvalue weighted by Gasteiger charge is -2.25. The fourth-order valence-corrected chi connectivity index (χ4v) is 3.56. The molecule has 1 N–H and O–H groups in total. The van der Waals surface area contributed by atoms with E-state index in [-0.39, 0.29) is 16.8 Å². The number of rotatable bonds is 3. The number of Topliss-reactive ketones (excluding diaryl/α,β-unsaturated/α-hetero) is 1. The average molecular weight is 405 g/mol. The van der Waals surface area contributed by atoms with Gasteiger partial charge in [-0.25, -0.2) is 8.78 Å². The Kier molecular flexibility index (Phi) is 4.91. The molecule has 30 heavy (non-hydrogen) atoms. The molecule has 6 heteroatoms. The Hall–Kier alpha value is -3.80. The van der Waals surface area contributed by atoms with E-state index in [0.717, 1.165) is 22.6 Å². The first-order chi connectivity index (χ1) is 14.4. The number of carbonyl (C=O) groups excluding carboxylic acids is 2. The predicted molar refractivity (Wildman–Crippen MR) is 109 cm³/mol. The average Bonchev–Trinajstić information content (AvgIpc) is 3.00. The quantitative estimate of drug-likeness (QED) is 0.383. The Labute approximate surface area is 171 Å². The minimum Gasteiger partial charge on any atom is -0.507 e. The number of hydrogen-bond acceptors (Lipinski definition) is 3. The van der Waals surface area contributed by atoms with Crippen LogP contribution in [0.4, 0.5) is 14.5 Å². The number of halogens is 2. The monoisotopic (exact) mass is 405 g/mol. The summed E-state index contributed by atoms with van der Waals surface area (Å²) < 4.78 is 28.1. The smallest absolute Gasteiger partial charge is 0.300 e. The Balaban J connectivity index is 1.96. The largest absolute Gasteiger partial charge is 0.507 e. The molecular formula is C24H17F2NO3. The van der Waals surface area contributed by atoms with Crippen molar-refractivity contribution in [1.29, 1.82) is 0 Å². The van der Waals surface area contributed by atoms with Crippen LogP contribution >= 0.6 is 0 Å². The lowest BCUT2D eigenvalue weighted by Crippen LogP contribution is -2.29. The summed E-state index contributed by atoms with van der Waals surface area (Å²) in [6.07, 6.45) is 0. The van der Waals surface area contributed by atoms with Crippen LogP contribution in [-0.2, 0) is 9.59 Å². The van der Waals surface area contributed by atoms with Gasteiger partial charge in [0.2, 0.25) is 0 Å². The maximum atomic E-state index is 14.7. The fourth-order valence-electron chi connectivity index (χ4n) is 3.56. The third-order valence-corrected chi connectivity index (χ3v) is 5.07. The lowest BCUT2D eigenvalue weighted by atomic mass is 9.94. The van der Waals surface area contributed by atoms with Crippen LogP contribution in [0.25, 0.3) is 5.76 Å². The van der Waals surface area contributed by atoms with Crippen LogP contribution in [0.1, 0.15) is 22.7 Å². The molecule has 0 radical (unpaired) electrons. The van der Waals surface area contributed by atoms with E-state index in [0.29, 0.717) is 5.56 Å². The lowest BCUT2D eigenvalue weighted by molar-refractivity contribution is -0.132. The fraction of sp³-hybridized carbons (Fsp3) is 0.0833. The molecule has 0 spiro atoms. The van der Waals surface area contributed by atoms with Gasteiger partial charge in [-0.3, -0.25) is 14.5 Å². The van der Waals surface area contributed by atoms with Crippen LogP contribution in [0.2, 0.25) is 0 Å². The summed E-state index contributed by atoms with van der Waals surface area (Å²) in [5, 5.41) is 10.9. The molecule has 1 aliphatic heterocycles. The first kappa shape index (κ1) is 19.5. The number of ketones is 1. The van der Waals surface area contributed by atoms with Crippen LogP contribution < -0.4 is 4.90 Å². The Morgan fingerprint density at radius 1 is 0.900 bits per heavy atom. The molecule has 4 nitrogen and oxygen atoms in total. The summed E-state index contributed by atoms with van der Waals surface area (Å²) in [5.74, 6) is -3.41. The molecule has 1 fully saturated rings. The SMILES string of the molecule is Cc1ccc(C(O)=C2C(=O)C(=O)N(c3ccc(F)cc3)C2c2ccccc2F)cc1. The van der Waals surface area contributed by atoms with E-state index >= 15 is 0 Å². The third-order valence-electron chi connectivity index (χ3n) is 5.07. The van der Waals surface area contributed by atoms with Gasteiger partial charge in [-0.1, -0.05) is 48.0 Å². The first-order valence-electron chi connectivity index (χ1n) is 9.26. The highest BCUT2D eigenvalue weighted by atomic mass is 19.1. The number of aryl methyl sites for hydroxylation is 1. The van der Waals surface area contributed by atoms with E-state index in [1.165, 1.54) is 30.3 Å². The molecule has 1 unspecified atom stereocenters. The molecule has 0 saturated carbocycles. The number of aliphatic hydroxyl groups excluding tert-OH is 1. The predicted octanol–water partition coefficient (Wildman–Crippen LogP) is 4.90. The van der Waals surface area contributed by atoms with Crippen molar-refractivity contribution in [3.63, 3.8) is 0 Å². The van der Waals surface area contributed by atoms with Crippen molar-refractivity contribution < 1.29 is 23.5 Å². The Morgan fingerprint density at radius 3 is 2.17 bits per heavy atom. The molecule has 4 rings (SSSR count). The molecule has 1 aliphatic rings. The third kappa shape index (κ3) is 3.26. The van der Waals surface area contributed by atoms with Crippen LogP contribution in [0.5, 0.6) is 0 Å². The van der Waals surface area contributed by atoms with E-state index in [1.54, 1.807) is 30.3 Å². The van der Waals surface area contributed by atoms with Gasteiger partial charge in [0.05, 0.1) is 11.6 Å². The molecule has 1 amide bonds. The highest BCUT2D eigenvalue weighted by molar-refractivity contribution is 6.51. The Bertz CT molecular complexity index is 1170. The van der Waals surface area contributed by atoms with Gasteiger partial charge < -0.3 is 5.11 Å². The standard InChI is InChI=1S/C24H17F2NO3/c1-14-6-8-15(9-7-14)22(28)20-21(18-4-2-3-5-19(18)26)27(24(30)23(20)29)17-12-10-16(25)11-13-17/h2-13,21,28H,1H3. The van der Waals surface area contributed by atoms with Gasteiger partial charge in [-0.05, 0) is 37.3 Å². The molecule has 0 bridgehead atoms. The van der Waals surface area contributed by atoms with Crippen molar-refractivity contribution in [3.05, 3.63) is 107 Å². The van der Waals surface area contributed by atoms with Crippen LogP contribution in [0.15, 0.2) is 78.4 Å². The first-order valence-corrected chi connectivity index (χ1v) is 9.26. The topological polar surface area (TPSA) is 57.6 Å². The highest BCUT2D eigenvalue weighted by Crippen LogP contribution is 2.42. The zero-order valence-corrected chi connectivity index (χ0v) is 16.0. The minimum atomic E-state index is -1.20. The van der Waals surface area contributed by atoms with E-state index < -0.39 is 35.1 Å². The molecule has 1 saturated heterocycles. The maximum absolute atomic E-state index is 14.7. The summed E-state index contributed by atoms with van der Waals surface area (Å²) in [5.41, 5.74) is 1.32. The molecule has 0 aliphatic carbocycles. The number of aliphatic hydroxyl groups is 1. The van der Waals surface area contributed by atoms with Crippen molar-refractivity contribution in [2.24, 2.45) is 0 Å². The van der Waals surface area contributed by atoms with Gasteiger partial charge in [-0.15, -0.1) is 0 Å². The van der Waals surface area contributed by atoms with E-state index in [1.807, 2.05) is 6.92 Å². The summed E-state index contributed by atoms with van der Waals surface area (Å²) in [7, 11) is 0. The van der Waals surface area contributed by atoms with Crippen LogP contribution in [0, 0.1) is 18.6 Å². The van der Waals surface area contributed by atoms with Crippen molar-refractivity contribution >= 4 is 23.1 Å². The second-order valence-corrected chi connectivity index (χ2v) is 7.03. The Morgan fingerprint density at radius 2 is 1.53 bits per heavy atom. The van der Waals surface area contributed by atoms with Gasteiger partial charge in [-0.2, -0.15) is 0 Å². The van der Waals surface area contributed by atoms with Crippen LogP contribution in [0.3, 0.4) is 0 Å². The normalized spacial score (nSPS) is 18.1. The zero-order chi connectivity index (χ0) is 21.4. The van der Waals surface area contributed by atoms with Gasteiger partial charge in [0.1, 0.15) is 17.4 Å². The summed E-state index contributed by atoms with van der Waals surface area (Å²) in [6.45, 7) is 1.87. The molecule has 1 heterocycles. The number of benzene rings is 3. The van der Waals surface area contributed by atoms with Crippen molar-refractivity contribution in [2.75, 3.05) is 4.90 Å². The number of amides is 1. The van der Waals surface area contributed by atoms with E-state index in [9.17, 15) is 23.5 Å². The molecule has 150 valence electrons. The zero-order valence-electron chi connectivity index (χ0n) is 16.0. The molecule has 3 aromatic rings. The highest BCUT2D eigenvalue weighted by Gasteiger charge is 2.47. The van der Waals surface area contributed by atoms with E-state index in [4.69, 9.17) is 0 Å². The second-order valence-electron chi connectivity index (χ2n) is 7.03. The second kappa shape index (κ2) is 7.55. The van der Waals surface area contributed by atoms with Crippen molar-refractivity contribution in [3.8, 4) is 0 Å². The number of hydrogen-bond donors (Lipinski definition) is 1.